The molecule has 0 radical (unpaired) electrons. The summed E-state index contributed by atoms with van der Waals surface area (Å²) in [5, 5.41) is 10.2. The van der Waals surface area contributed by atoms with Crippen LogP contribution in [0.5, 0.6) is 0 Å². The monoisotopic (exact) mass is 406 g/mol. The highest BCUT2D eigenvalue weighted by atomic mass is 16.3. The first-order valence-corrected chi connectivity index (χ1v) is 12.4. The molecule has 4 aliphatic carbocycles. The molecule has 30 heavy (non-hydrogen) atoms. The van der Waals surface area contributed by atoms with Crippen LogP contribution in [-0.4, -0.2) is 17.0 Å². The molecule has 4 aliphatic rings. The molecule has 1 N–H and O–H groups in total. The minimum Gasteiger partial charge on any atom is -0.393 e. The van der Waals surface area contributed by atoms with Crippen molar-refractivity contribution < 1.29 is 9.90 Å². The van der Waals surface area contributed by atoms with Gasteiger partial charge in [-0.25, -0.2) is 0 Å². The number of benzene rings is 1. The molecule has 0 unspecified atom stereocenters. The van der Waals surface area contributed by atoms with Gasteiger partial charge in [-0.2, -0.15) is 0 Å². The zero-order valence-electron chi connectivity index (χ0n) is 18.7. The van der Waals surface area contributed by atoms with Gasteiger partial charge in [-0.3, -0.25) is 4.79 Å². The normalized spacial score (nSPS) is 45.6. The van der Waals surface area contributed by atoms with Gasteiger partial charge in [0.15, 0.2) is 5.78 Å². The van der Waals surface area contributed by atoms with Gasteiger partial charge in [-0.1, -0.05) is 50.3 Å². The van der Waals surface area contributed by atoms with Gasteiger partial charge in [-0.15, -0.1) is 0 Å². The van der Waals surface area contributed by atoms with Crippen molar-refractivity contribution in [3.8, 4) is 0 Å². The van der Waals surface area contributed by atoms with E-state index in [2.05, 4.69) is 26.0 Å². The minimum atomic E-state index is -0.0710. The highest BCUT2D eigenvalue weighted by Crippen LogP contribution is 2.67. The maximum absolute atomic E-state index is 13.3. The third-order valence-electron chi connectivity index (χ3n) is 10.2. The van der Waals surface area contributed by atoms with Crippen molar-refractivity contribution in [2.75, 3.05) is 0 Å². The number of allylic oxidation sites excluding steroid dienone is 1. The number of ketones is 1. The Morgan fingerprint density at radius 1 is 0.933 bits per heavy atom. The number of rotatable bonds is 3. The molecule has 2 heteroatoms. The second-order valence-corrected chi connectivity index (χ2v) is 11.4. The number of hydrogen-bond acceptors (Lipinski definition) is 2. The zero-order chi connectivity index (χ0) is 20.9. The molecule has 1 aromatic carbocycles. The van der Waals surface area contributed by atoms with E-state index in [4.69, 9.17) is 0 Å². The number of carbonyl (C=O) groups excluding carboxylic acids is 1. The van der Waals surface area contributed by atoms with Crippen LogP contribution in [0.3, 0.4) is 0 Å². The molecule has 0 aromatic heterocycles. The fourth-order valence-corrected chi connectivity index (χ4v) is 8.56. The molecule has 0 heterocycles. The molecule has 8 atom stereocenters. The van der Waals surface area contributed by atoms with Crippen molar-refractivity contribution >= 4 is 11.9 Å². The number of fused-ring (bicyclic) bond motifs is 5. The number of aliphatic hydroxyl groups excluding tert-OH is 1. The van der Waals surface area contributed by atoms with E-state index in [-0.39, 0.29) is 17.4 Å². The predicted octanol–water partition coefficient (Wildman–Crippen LogP) is 6.29. The molecule has 5 rings (SSSR count). The molecule has 0 amide bonds. The van der Waals surface area contributed by atoms with E-state index in [1.807, 2.05) is 30.4 Å². The fraction of sp³-hybridized carbons (Fsp3) is 0.679. The summed E-state index contributed by atoms with van der Waals surface area (Å²) in [7, 11) is 0. The third kappa shape index (κ3) is 3.22. The van der Waals surface area contributed by atoms with Crippen LogP contribution in [0.25, 0.3) is 6.08 Å². The molecule has 0 aliphatic heterocycles. The summed E-state index contributed by atoms with van der Waals surface area (Å²) in [6.07, 6.45) is 14.4. The molecule has 0 saturated heterocycles. The van der Waals surface area contributed by atoms with Crippen LogP contribution in [-0.2, 0) is 4.79 Å². The van der Waals surface area contributed by atoms with E-state index < -0.39 is 0 Å². The van der Waals surface area contributed by atoms with Gasteiger partial charge >= 0.3 is 0 Å². The number of carbonyl (C=O) groups is 1. The molecule has 162 valence electrons. The van der Waals surface area contributed by atoms with Crippen molar-refractivity contribution in [1.29, 1.82) is 0 Å². The predicted molar refractivity (Wildman–Crippen MR) is 122 cm³/mol. The topological polar surface area (TPSA) is 37.3 Å². The van der Waals surface area contributed by atoms with E-state index in [1.54, 1.807) is 0 Å². The van der Waals surface area contributed by atoms with Crippen LogP contribution < -0.4 is 0 Å². The van der Waals surface area contributed by atoms with Crippen molar-refractivity contribution in [3.63, 3.8) is 0 Å². The Bertz CT molecular complexity index is 813. The zero-order valence-corrected chi connectivity index (χ0v) is 18.7. The van der Waals surface area contributed by atoms with Crippen LogP contribution in [0, 0.1) is 40.4 Å². The first-order chi connectivity index (χ1) is 14.4. The molecule has 0 spiro atoms. The van der Waals surface area contributed by atoms with E-state index in [0.29, 0.717) is 23.0 Å². The lowest BCUT2D eigenvalue weighted by Gasteiger charge is -2.60. The largest absolute Gasteiger partial charge is 0.393 e. The van der Waals surface area contributed by atoms with Gasteiger partial charge in [0, 0.05) is 5.92 Å². The maximum Gasteiger partial charge on any atom is 0.159 e. The Balaban J connectivity index is 1.34. The molecular formula is C28H38O2. The van der Waals surface area contributed by atoms with E-state index in [0.717, 1.165) is 36.7 Å². The van der Waals surface area contributed by atoms with Gasteiger partial charge in [0.2, 0.25) is 0 Å². The molecule has 0 bridgehead atoms. The second kappa shape index (κ2) is 7.62. The Hall–Kier alpha value is -1.41. The van der Waals surface area contributed by atoms with Gasteiger partial charge in [-0.05, 0) is 104 Å². The van der Waals surface area contributed by atoms with Crippen LogP contribution in [0.1, 0.15) is 77.2 Å². The van der Waals surface area contributed by atoms with Crippen molar-refractivity contribution in [2.45, 2.75) is 77.7 Å². The highest BCUT2D eigenvalue weighted by Gasteiger charge is 2.60. The maximum atomic E-state index is 13.3. The van der Waals surface area contributed by atoms with E-state index >= 15 is 0 Å². The smallest absolute Gasteiger partial charge is 0.159 e. The van der Waals surface area contributed by atoms with Crippen molar-refractivity contribution in [3.05, 3.63) is 42.0 Å². The summed E-state index contributed by atoms with van der Waals surface area (Å²) in [6.45, 7) is 4.99. The number of aliphatic hydroxyl groups is 1. The van der Waals surface area contributed by atoms with Gasteiger partial charge in [0.1, 0.15) is 0 Å². The summed E-state index contributed by atoms with van der Waals surface area (Å²) in [5.74, 6) is 3.55. The molecule has 1 aromatic rings. The average Bonchev–Trinajstić information content (AvgIpc) is 3.10. The third-order valence-corrected chi connectivity index (χ3v) is 10.2. The van der Waals surface area contributed by atoms with Crippen LogP contribution >= 0.6 is 0 Å². The molecule has 4 saturated carbocycles. The Kier molecular flexibility index (Phi) is 5.21. The summed E-state index contributed by atoms with van der Waals surface area (Å²) >= 11 is 0. The molecular weight excluding hydrogens is 368 g/mol. The van der Waals surface area contributed by atoms with Gasteiger partial charge in [0.05, 0.1) is 6.10 Å². The summed E-state index contributed by atoms with van der Waals surface area (Å²) in [6, 6.07) is 10.2. The Labute approximate surface area is 182 Å². The van der Waals surface area contributed by atoms with E-state index in [9.17, 15) is 9.90 Å². The Morgan fingerprint density at radius 3 is 2.47 bits per heavy atom. The van der Waals surface area contributed by atoms with Crippen molar-refractivity contribution in [2.24, 2.45) is 40.4 Å². The van der Waals surface area contributed by atoms with Crippen LogP contribution in [0.2, 0.25) is 0 Å². The standard InChI is InChI=1S/C28H38O2/c1-27-16-14-21(29)18-20(27)9-10-22-23-11-12-25(28(23,2)17-15-24(22)27)26(30)13-8-19-6-4-3-5-7-19/h3-8,13,20-25,29H,9-12,14-18H2,1-2H3/b13-8+/t20-,21+,22+,23-,24+,25+,27-,28-/m0/s1. The first kappa shape index (κ1) is 20.5. The second-order valence-electron chi connectivity index (χ2n) is 11.4. The lowest BCUT2D eigenvalue weighted by molar-refractivity contribution is -0.136. The van der Waals surface area contributed by atoms with Gasteiger partial charge < -0.3 is 5.11 Å². The lowest BCUT2D eigenvalue weighted by atomic mass is 9.44. The fourth-order valence-electron chi connectivity index (χ4n) is 8.56. The number of hydrogen-bond donors (Lipinski definition) is 1. The van der Waals surface area contributed by atoms with Crippen LogP contribution in [0.15, 0.2) is 36.4 Å². The quantitative estimate of drug-likeness (QED) is 0.599. The Morgan fingerprint density at radius 2 is 1.67 bits per heavy atom. The van der Waals surface area contributed by atoms with Crippen molar-refractivity contribution in [1.82, 2.24) is 0 Å². The highest BCUT2D eigenvalue weighted by molar-refractivity contribution is 5.96. The first-order valence-electron chi connectivity index (χ1n) is 12.4. The minimum absolute atomic E-state index is 0.0710. The summed E-state index contributed by atoms with van der Waals surface area (Å²) < 4.78 is 0. The SMILES string of the molecule is C[C@]12CC[C@@H](O)C[C@@H]1CC[C@H]1[C@H]2CC[C@]2(C)[C@@H](C(=O)/C=C/c3ccccc3)CC[C@@H]12. The molecule has 2 nitrogen and oxygen atoms in total. The van der Waals surface area contributed by atoms with Gasteiger partial charge in [0.25, 0.3) is 0 Å². The summed E-state index contributed by atoms with van der Waals surface area (Å²) in [5.41, 5.74) is 1.70. The lowest BCUT2D eigenvalue weighted by Crippen LogP contribution is -2.54. The average molecular weight is 407 g/mol. The summed E-state index contributed by atoms with van der Waals surface area (Å²) in [4.78, 5) is 13.3. The molecule has 4 fully saturated rings. The van der Waals surface area contributed by atoms with Crippen LogP contribution in [0.4, 0.5) is 0 Å². The van der Waals surface area contributed by atoms with E-state index in [1.165, 1.54) is 38.5 Å².